The summed E-state index contributed by atoms with van der Waals surface area (Å²) in [5.74, 6) is -0.888. The highest BCUT2D eigenvalue weighted by Gasteiger charge is 2.26. The van der Waals surface area contributed by atoms with Gasteiger partial charge in [0, 0.05) is 23.8 Å². The van der Waals surface area contributed by atoms with E-state index in [9.17, 15) is 17.6 Å². The molecule has 1 unspecified atom stereocenters. The molecule has 19 heavy (non-hydrogen) atoms. The van der Waals surface area contributed by atoms with E-state index in [2.05, 4.69) is 0 Å². The lowest BCUT2D eigenvalue weighted by molar-refractivity contribution is 0.0783. The molecule has 0 radical (unpaired) electrons. The van der Waals surface area contributed by atoms with Crippen molar-refractivity contribution in [3.05, 3.63) is 29.6 Å². The fourth-order valence-electron chi connectivity index (χ4n) is 2.11. The van der Waals surface area contributed by atoms with Crippen LogP contribution < -0.4 is 0 Å². The van der Waals surface area contributed by atoms with E-state index in [0.717, 1.165) is 24.6 Å². The largest absolute Gasteiger partial charge is 0.338 e. The molecule has 7 heteroatoms. The fraction of sp³-hybridized carbons (Fsp3) is 0.417. The van der Waals surface area contributed by atoms with Crippen LogP contribution in [0.3, 0.4) is 0 Å². The molecule has 0 bridgehead atoms. The van der Waals surface area contributed by atoms with Crippen molar-refractivity contribution in [1.29, 1.82) is 0 Å². The SMILES string of the molecule is CC1CCN(C(=O)c2ccc(S(=O)(=O)Cl)cc2F)C1. The summed E-state index contributed by atoms with van der Waals surface area (Å²) < 4.78 is 35.9. The van der Waals surface area contributed by atoms with Gasteiger partial charge in [-0.15, -0.1) is 0 Å². The molecule has 0 aliphatic carbocycles. The average molecular weight is 306 g/mol. The molecule has 1 aromatic carbocycles. The number of amides is 1. The highest BCUT2D eigenvalue weighted by Crippen LogP contribution is 2.22. The summed E-state index contributed by atoms with van der Waals surface area (Å²) in [5.41, 5.74) is -0.127. The Hall–Kier alpha value is -1.14. The number of hydrogen-bond acceptors (Lipinski definition) is 3. The van der Waals surface area contributed by atoms with Crippen LogP contribution >= 0.6 is 10.7 Å². The van der Waals surface area contributed by atoms with Gasteiger partial charge in [-0.25, -0.2) is 12.8 Å². The molecule has 2 rings (SSSR count). The summed E-state index contributed by atoms with van der Waals surface area (Å²) in [6, 6.07) is 3.07. The van der Waals surface area contributed by atoms with E-state index in [1.807, 2.05) is 6.92 Å². The predicted molar refractivity (Wildman–Crippen MR) is 69.1 cm³/mol. The standard InChI is InChI=1S/C12H13ClFNO3S/c1-8-4-5-15(7-8)12(16)10-3-2-9(6-11(10)14)19(13,17)18/h2-3,6,8H,4-5,7H2,1H3. The molecule has 104 valence electrons. The van der Waals surface area contributed by atoms with Crippen molar-refractivity contribution in [3.63, 3.8) is 0 Å². The summed E-state index contributed by atoms with van der Waals surface area (Å²) >= 11 is 0. The van der Waals surface area contributed by atoms with Gasteiger partial charge < -0.3 is 4.90 Å². The smallest absolute Gasteiger partial charge is 0.261 e. The second-order valence-corrected chi connectivity index (χ2v) is 7.29. The molecule has 1 atom stereocenters. The van der Waals surface area contributed by atoms with Crippen molar-refractivity contribution in [1.82, 2.24) is 4.90 Å². The molecular formula is C12H13ClFNO3S. The van der Waals surface area contributed by atoms with Crippen LogP contribution in [0, 0.1) is 11.7 Å². The first kappa shape index (κ1) is 14.3. The Balaban J connectivity index is 2.29. The summed E-state index contributed by atoms with van der Waals surface area (Å²) in [5, 5.41) is 0. The average Bonchev–Trinajstić information content (AvgIpc) is 2.73. The van der Waals surface area contributed by atoms with E-state index in [-0.39, 0.29) is 10.5 Å². The van der Waals surface area contributed by atoms with Gasteiger partial charge in [0.25, 0.3) is 15.0 Å². The second kappa shape index (κ2) is 5.09. The molecule has 0 saturated carbocycles. The summed E-state index contributed by atoms with van der Waals surface area (Å²) in [6.07, 6.45) is 0.890. The maximum absolute atomic E-state index is 13.8. The first-order valence-electron chi connectivity index (χ1n) is 5.82. The van der Waals surface area contributed by atoms with Crippen LogP contribution in [0.4, 0.5) is 4.39 Å². The molecule has 0 aromatic heterocycles. The minimum absolute atomic E-state index is 0.127. The number of carbonyl (C=O) groups is 1. The van der Waals surface area contributed by atoms with Crippen LogP contribution in [0.1, 0.15) is 23.7 Å². The lowest BCUT2D eigenvalue weighted by Gasteiger charge is -2.16. The number of carbonyl (C=O) groups excluding carboxylic acids is 1. The van der Waals surface area contributed by atoms with Crippen LogP contribution in [-0.4, -0.2) is 32.3 Å². The lowest BCUT2D eigenvalue weighted by Crippen LogP contribution is -2.29. The van der Waals surface area contributed by atoms with Crippen LogP contribution in [0.15, 0.2) is 23.1 Å². The van der Waals surface area contributed by atoms with Gasteiger partial charge in [-0.1, -0.05) is 6.92 Å². The molecular weight excluding hydrogens is 293 g/mol. The Morgan fingerprint density at radius 1 is 1.47 bits per heavy atom. The third kappa shape index (κ3) is 3.06. The minimum Gasteiger partial charge on any atom is -0.338 e. The Labute approximate surface area is 115 Å². The molecule has 4 nitrogen and oxygen atoms in total. The molecule has 1 fully saturated rings. The third-order valence-electron chi connectivity index (χ3n) is 3.16. The van der Waals surface area contributed by atoms with E-state index >= 15 is 0 Å². The first-order chi connectivity index (χ1) is 8.79. The van der Waals surface area contributed by atoms with Crippen molar-refractivity contribution in [2.45, 2.75) is 18.2 Å². The van der Waals surface area contributed by atoms with Crippen molar-refractivity contribution in [2.75, 3.05) is 13.1 Å². The predicted octanol–water partition coefficient (Wildman–Crippen LogP) is 2.24. The minimum atomic E-state index is -3.99. The van der Waals surface area contributed by atoms with E-state index in [1.54, 1.807) is 4.90 Å². The molecule has 0 spiro atoms. The van der Waals surface area contributed by atoms with E-state index < -0.39 is 20.8 Å². The molecule has 1 aliphatic rings. The van der Waals surface area contributed by atoms with E-state index in [0.29, 0.717) is 19.0 Å². The van der Waals surface area contributed by atoms with Crippen LogP contribution in [0.5, 0.6) is 0 Å². The van der Waals surface area contributed by atoms with Gasteiger partial charge in [-0.2, -0.15) is 0 Å². The van der Waals surface area contributed by atoms with Gasteiger partial charge >= 0.3 is 0 Å². The van der Waals surface area contributed by atoms with Gasteiger partial charge in [0.05, 0.1) is 10.5 Å². The van der Waals surface area contributed by atoms with Crippen molar-refractivity contribution in [2.24, 2.45) is 5.92 Å². The number of benzene rings is 1. The van der Waals surface area contributed by atoms with Crippen molar-refractivity contribution < 1.29 is 17.6 Å². The maximum Gasteiger partial charge on any atom is 0.261 e. The number of rotatable bonds is 2. The third-order valence-corrected chi connectivity index (χ3v) is 4.52. The molecule has 1 aromatic rings. The van der Waals surface area contributed by atoms with Gasteiger partial charge in [0.2, 0.25) is 0 Å². The van der Waals surface area contributed by atoms with Crippen LogP contribution in [-0.2, 0) is 9.05 Å². The van der Waals surface area contributed by atoms with E-state index in [4.69, 9.17) is 10.7 Å². The van der Waals surface area contributed by atoms with Crippen molar-refractivity contribution in [3.8, 4) is 0 Å². The Kier molecular flexibility index (Phi) is 3.82. The van der Waals surface area contributed by atoms with Gasteiger partial charge in [0.1, 0.15) is 5.82 Å². The topological polar surface area (TPSA) is 54.5 Å². The lowest BCUT2D eigenvalue weighted by atomic mass is 10.1. The number of nitrogens with zero attached hydrogens (tertiary/aromatic N) is 1. The highest BCUT2D eigenvalue weighted by atomic mass is 35.7. The monoisotopic (exact) mass is 305 g/mol. The van der Waals surface area contributed by atoms with Crippen LogP contribution in [0.2, 0.25) is 0 Å². The van der Waals surface area contributed by atoms with E-state index in [1.165, 1.54) is 0 Å². The Morgan fingerprint density at radius 2 is 2.16 bits per heavy atom. The summed E-state index contributed by atoms with van der Waals surface area (Å²) in [7, 11) is 1.13. The molecule has 0 N–H and O–H groups in total. The Morgan fingerprint density at radius 3 is 2.63 bits per heavy atom. The summed E-state index contributed by atoms with van der Waals surface area (Å²) in [4.78, 5) is 13.3. The fourth-order valence-corrected chi connectivity index (χ4v) is 2.87. The zero-order valence-corrected chi connectivity index (χ0v) is 11.8. The van der Waals surface area contributed by atoms with Crippen molar-refractivity contribution >= 4 is 25.6 Å². The highest BCUT2D eigenvalue weighted by molar-refractivity contribution is 8.13. The van der Waals surface area contributed by atoms with Gasteiger partial charge in [-0.05, 0) is 30.5 Å². The zero-order chi connectivity index (χ0) is 14.2. The number of halogens is 2. The number of likely N-dealkylation sites (tertiary alicyclic amines) is 1. The van der Waals surface area contributed by atoms with Crippen LogP contribution in [0.25, 0.3) is 0 Å². The molecule has 1 heterocycles. The van der Waals surface area contributed by atoms with Gasteiger partial charge in [-0.3, -0.25) is 4.79 Å². The zero-order valence-electron chi connectivity index (χ0n) is 10.3. The molecule has 1 amide bonds. The normalized spacial score (nSPS) is 19.7. The second-order valence-electron chi connectivity index (χ2n) is 4.72. The maximum atomic E-state index is 13.8. The van der Waals surface area contributed by atoms with Gasteiger partial charge in [0.15, 0.2) is 0 Å². The summed E-state index contributed by atoms with van der Waals surface area (Å²) in [6.45, 7) is 3.20. The first-order valence-corrected chi connectivity index (χ1v) is 8.13. The Bertz CT molecular complexity index is 617. The molecule has 1 aliphatic heterocycles. The number of hydrogen-bond donors (Lipinski definition) is 0. The molecule has 1 saturated heterocycles. The quantitative estimate of drug-likeness (QED) is 0.787.